The van der Waals surface area contributed by atoms with Crippen LogP contribution in [0.3, 0.4) is 0 Å². The van der Waals surface area contributed by atoms with Gasteiger partial charge in [-0.25, -0.2) is 4.98 Å². The molecule has 0 bridgehead atoms. The Morgan fingerprint density at radius 1 is 1.11 bits per heavy atom. The van der Waals surface area contributed by atoms with Gasteiger partial charge in [0.15, 0.2) is 0 Å². The molecular formula is C13H13ClF3N. The molecule has 0 saturated heterocycles. The number of halogens is 4. The van der Waals surface area contributed by atoms with Crippen LogP contribution in [0.25, 0.3) is 5.57 Å². The van der Waals surface area contributed by atoms with E-state index in [2.05, 4.69) is 4.98 Å². The Labute approximate surface area is 109 Å². The lowest BCUT2D eigenvalue weighted by Gasteiger charge is -2.11. The van der Waals surface area contributed by atoms with Crippen molar-refractivity contribution in [1.82, 2.24) is 4.98 Å². The molecule has 0 unspecified atom stereocenters. The zero-order valence-electron chi connectivity index (χ0n) is 9.73. The quantitative estimate of drug-likeness (QED) is 0.650. The summed E-state index contributed by atoms with van der Waals surface area (Å²) in [6.07, 6.45) is 2.43. The molecule has 18 heavy (non-hydrogen) atoms. The van der Waals surface area contributed by atoms with Crippen molar-refractivity contribution < 1.29 is 13.2 Å². The topological polar surface area (TPSA) is 12.9 Å². The standard InChI is InChI=1S/C13H13ClF3N/c14-12-8-10(13(15,16)17)7-11(18-12)9-5-3-1-2-4-6-9/h5,7-8H,1-4,6H2. The summed E-state index contributed by atoms with van der Waals surface area (Å²) >= 11 is 5.68. The van der Waals surface area contributed by atoms with Gasteiger partial charge in [0.2, 0.25) is 0 Å². The maximum atomic E-state index is 12.7. The van der Waals surface area contributed by atoms with Crippen molar-refractivity contribution in [2.24, 2.45) is 0 Å². The third kappa shape index (κ3) is 3.25. The first kappa shape index (κ1) is 13.4. The molecule has 1 heterocycles. The first-order valence-electron chi connectivity index (χ1n) is 5.91. The van der Waals surface area contributed by atoms with E-state index in [4.69, 9.17) is 11.6 Å². The summed E-state index contributed by atoms with van der Waals surface area (Å²) in [5, 5.41) is -0.107. The lowest BCUT2D eigenvalue weighted by molar-refractivity contribution is -0.137. The van der Waals surface area contributed by atoms with Crippen LogP contribution in [0.4, 0.5) is 13.2 Å². The first-order valence-corrected chi connectivity index (χ1v) is 6.29. The normalized spacial score (nSPS) is 17.2. The summed E-state index contributed by atoms with van der Waals surface area (Å²) < 4.78 is 38.1. The van der Waals surface area contributed by atoms with Gasteiger partial charge in [-0.15, -0.1) is 0 Å². The minimum absolute atomic E-state index is 0.107. The Balaban J connectivity index is 2.38. The second-order valence-corrected chi connectivity index (χ2v) is 4.78. The second kappa shape index (κ2) is 5.31. The van der Waals surface area contributed by atoms with E-state index in [1.807, 2.05) is 6.08 Å². The predicted octanol–water partition coefficient (Wildman–Crippen LogP) is 5.10. The Kier molecular flexibility index (Phi) is 3.95. The lowest BCUT2D eigenvalue weighted by atomic mass is 10.0. The molecule has 2 rings (SSSR count). The number of hydrogen-bond acceptors (Lipinski definition) is 1. The van der Waals surface area contributed by atoms with E-state index in [1.54, 1.807) is 0 Å². The minimum atomic E-state index is -4.38. The summed E-state index contributed by atoms with van der Waals surface area (Å²) in [5.41, 5.74) is 0.500. The van der Waals surface area contributed by atoms with E-state index in [-0.39, 0.29) is 5.15 Å². The SMILES string of the molecule is FC(F)(F)c1cc(Cl)nc(C2=CCCCCC2)c1. The summed E-state index contributed by atoms with van der Waals surface area (Å²) in [4.78, 5) is 4.01. The molecule has 5 heteroatoms. The van der Waals surface area contributed by atoms with Crippen molar-refractivity contribution in [3.8, 4) is 0 Å². The number of alkyl halides is 3. The lowest BCUT2D eigenvalue weighted by Crippen LogP contribution is -2.06. The molecule has 0 saturated carbocycles. The van der Waals surface area contributed by atoms with Crippen molar-refractivity contribution in [3.05, 3.63) is 34.6 Å². The monoisotopic (exact) mass is 275 g/mol. The van der Waals surface area contributed by atoms with Gasteiger partial charge in [-0.05, 0) is 43.4 Å². The largest absolute Gasteiger partial charge is 0.416 e. The van der Waals surface area contributed by atoms with Gasteiger partial charge in [0, 0.05) is 0 Å². The number of allylic oxidation sites excluding steroid dienone is 2. The average Bonchev–Trinajstić information content (AvgIpc) is 2.55. The molecule has 0 amide bonds. The highest BCUT2D eigenvalue weighted by Crippen LogP contribution is 2.33. The van der Waals surface area contributed by atoms with Crippen LogP contribution in [-0.2, 0) is 6.18 Å². The Morgan fingerprint density at radius 3 is 2.61 bits per heavy atom. The van der Waals surface area contributed by atoms with Crippen LogP contribution in [0.15, 0.2) is 18.2 Å². The maximum Gasteiger partial charge on any atom is 0.416 e. The van der Waals surface area contributed by atoms with E-state index in [1.165, 1.54) is 0 Å². The smallest absolute Gasteiger partial charge is 0.236 e. The molecule has 98 valence electrons. The summed E-state index contributed by atoms with van der Waals surface area (Å²) in [6, 6.07) is 1.95. The number of nitrogens with zero attached hydrogens (tertiary/aromatic N) is 1. The van der Waals surface area contributed by atoms with Crippen molar-refractivity contribution in [1.29, 1.82) is 0 Å². The molecule has 1 aliphatic carbocycles. The Hall–Kier alpha value is -1.03. The zero-order valence-corrected chi connectivity index (χ0v) is 10.5. The molecule has 0 atom stereocenters. The van der Waals surface area contributed by atoms with Gasteiger partial charge in [0.05, 0.1) is 11.3 Å². The van der Waals surface area contributed by atoms with Gasteiger partial charge in [0.25, 0.3) is 0 Å². The molecule has 1 aromatic heterocycles. The molecule has 1 nitrogen and oxygen atoms in total. The highest BCUT2D eigenvalue weighted by molar-refractivity contribution is 6.29. The highest BCUT2D eigenvalue weighted by Gasteiger charge is 2.31. The molecule has 0 fully saturated rings. The Bertz CT molecular complexity index is 466. The van der Waals surface area contributed by atoms with Crippen molar-refractivity contribution in [2.45, 2.75) is 38.3 Å². The number of aromatic nitrogens is 1. The third-order valence-corrected chi connectivity index (χ3v) is 3.19. The van der Waals surface area contributed by atoms with Crippen LogP contribution in [0.1, 0.15) is 43.4 Å². The molecule has 1 aliphatic rings. The fourth-order valence-corrected chi connectivity index (χ4v) is 2.28. The van der Waals surface area contributed by atoms with E-state index < -0.39 is 11.7 Å². The van der Waals surface area contributed by atoms with Gasteiger partial charge in [-0.2, -0.15) is 13.2 Å². The van der Waals surface area contributed by atoms with Crippen LogP contribution in [0, 0.1) is 0 Å². The first-order chi connectivity index (χ1) is 8.47. The molecule has 0 aliphatic heterocycles. The maximum absolute atomic E-state index is 12.7. The summed E-state index contributed by atoms with van der Waals surface area (Å²) in [7, 11) is 0. The molecule has 0 N–H and O–H groups in total. The molecule has 0 aromatic carbocycles. The second-order valence-electron chi connectivity index (χ2n) is 4.39. The highest BCUT2D eigenvalue weighted by atomic mass is 35.5. The van der Waals surface area contributed by atoms with Gasteiger partial charge < -0.3 is 0 Å². The van der Waals surface area contributed by atoms with Crippen molar-refractivity contribution >= 4 is 17.2 Å². The fraction of sp³-hybridized carbons (Fsp3) is 0.462. The average molecular weight is 276 g/mol. The van der Waals surface area contributed by atoms with E-state index in [0.717, 1.165) is 49.8 Å². The number of pyridine rings is 1. The van der Waals surface area contributed by atoms with Gasteiger partial charge in [-0.3, -0.25) is 0 Å². The van der Waals surface area contributed by atoms with Crippen LogP contribution in [0.2, 0.25) is 5.15 Å². The number of rotatable bonds is 1. The Morgan fingerprint density at radius 2 is 1.89 bits per heavy atom. The van der Waals surface area contributed by atoms with Crippen LogP contribution in [0.5, 0.6) is 0 Å². The van der Waals surface area contributed by atoms with E-state index >= 15 is 0 Å². The zero-order chi connectivity index (χ0) is 13.2. The van der Waals surface area contributed by atoms with Gasteiger partial charge >= 0.3 is 6.18 Å². The third-order valence-electron chi connectivity index (χ3n) is 2.99. The summed E-state index contributed by atoms with van der Waals surface area (Å²) in [6.45, 7) is 0. The minimum Gasteiger partial charge on any atom is -0.236 e. The predicted molar refractivity (Wildman–Crippen MR) is 65.3 cm³/mol. The van der Waals surface area contributed by atoms with Crippen LogP contribution in [-0.4, -0.2) is 4.98 Å². The number of hydrogen-bond donors (Lipinski definition) is 0. The van der Waals surface area contributed by atoms with Crippen LogP contribution < -0.4 is 0 Å². The van der Waals surface area contributed by atoms with E-state index in [0.29, 0.717) is 5.69 Å². The molecule has 0 radical (unpaired) electrons. The summed E-state index contributed by atoms with van der Waals surface area (Å²) in [5.74, 6) is 0. The van der Waals surface area contributed by atoms with Crippen molar-refractivity contribution in [2.75, 3.05) is 0 Å². The fourth-order valence-electron chi connectivity index (χ4n) is 2.07. The molecular weight excluding hydrogens is 263 g/mol. The van der Waals surface area contributed by atoms with Gasteiger partial charge in [0.1, 0.15) is 5.15 Å². The van der Waals surface area contributed by atoms with Crippen molar-refractivity contribution in [3.63, 3.8) is 0 Å². The molecule has 0 spiro atoms. The van der Waals surface area contributed by atoms with E-state index in [9.17, 15) is 13.2 Å². The van der Waals surface area contributed by atoms with Gasteiger partial charge in [-0.1, -0.05) is 24.1 Å². The molecule has 1 aromatic rings. The van der Waals surface area contributed by atoms with Crippen LogP contribution >= 0.6 is 11.6 Å².